The Morgan fingerprint density at radius 2 is 1.96 bits per heavy atom. The van der Waals surface area contributed by atoms with Gasteiger partial charge in [0.1, 0.15) is 0 Å². The summed E-state index contributed by atoms with van der Waals surface area (Å²) in [7, 11) is 0. The lowest BCUT2D eigenvalue weighted by atomic mass is 9.97. The first-order chi connectivity index (χ1) is 11.0. The first kappa shape index (κ1) is 15.5. The average Bonchev–Trinajstić information content (AvgIpc) is 2.97. The Bertz CT molecular complexity index is 745. The number of hydrogen-bond donors (Lipinski definition) is 1. The van der Waals surface area contributed by atoms with Crippen molar-refractivity contribution in [2.75, 3.05) is 13.1 Å². The van der Waals surface area contributed by atoms with E-state index in [2.05, 4.69) is 10.1 Å². The summed E-state index contributed by atoms with van der Waals surface area (Å²) < 4.78 is 1.82. The van der Waals surface area contributed by atoms with Crippen molar-refractivity contribution < 1.29 is 14.7 Å². The van der Waals surface area contributed by atoms with Gasteiger partial charge in [0, 0.05) is 30.7 Å². The number of carboxylic acid groups (broad SMARTS) is 1. The highest BCUT2D eigenvalue weighted by Gasteiger charge is 2.27. The van der Waals surface area contributed by atoms with Crippen molar-refractivity contribution in [2.24, 2.45) is 5.92 Å². The molecule has 1 saturated heterocycles. The number of fused-ring (bicyclic) bond motifs is 1. The zero-order valence-electron chi connectivity index (χ0n) is 13.3. The number of rotatable bonds is 3. The fourth-order valence-electron chi connectivity index (χ4n) is 2.95. The van der Waals surface area contributed by atoms with Crippen LogP contribution < -0.4 is 0 Å². The molecule has 0 spiro atoms. The molecule has 2 aromatic rings. The van der Waals surface area contributed by atoms with Gasteiger partial charge in [0.05, 0.1) is 17.7 Å². The van der Waals surface area contributed by atoms with Crippen LogP contribution in [0, 0.1) is 5.92 Å². The first-order valence-corrected chi connectivity index (χ1v) is 7.82. The molecule has 7 nitrogen and oxygen atoms in total. The van der Waals surface area contributed by atoms with E-state index in [-0.39, 0.29) is 17.9 Å². The summed E-state index contributed by atoms with van der Waals surface area (Å²) in [4.78, 5) is 29.6. The van der Waals surface area contributed by atoms with Gasteiger partial charge in [0.15, 0.2) is 5.65 Å². The van der Waals surface area contributed by atoms with E-state index in [4.69, 9.17) is 5.11 Å². The quantitative estimate of drug-likeness (QED) is 0.935. The van der Waals surface area contributed by atoms with Crippen LogP contribution in [0.3, 0.4) is 0 Å². The maximum atomic E-state index is 12.6. The predicted octanol–water partition coefficient (Wildman–Crippen LogP) is 1.95. The molecule has 0 radical (unpaired) electrons. The number of amides is 1. The third-order valence-corrected chi connectivity index (χ3v) is 4.30. The molecule has 0 aliphatic carbocycles. The lowest BCUT2D eigenvalue weighted by molar-refractivity contribution is -0.143. The maximum Gasteiger partial charge on any atom is 0.306 e. The number of carbonyl (C=O) groups is 2. The third kappa shape index (κ3) is 2.91. The second-order valence-electron chi connectivity index (χ2n) is 6.22. The summed E-state index contributed by atoms with van der Waals surface area (Å²) >= 11 is 0. The van der Waals surface area contributed by atoms with E-state index in [0.29, 0.717) is 31.5 Å². The molecule has 0 saturated carbocycles. The van der Waals surface area contributed by atoms with E-state index in [1.807, 2.05) is 18.5 Å². The third-order valence-electron chi connectivity index (χ3n) is 4.30. The number of likely N-dealkylation sites (tertiary alicyclic amines) is 1. The van der Waals surface area contributed by atoms with Crippen LogP contribution >= 0.6 is 0 Å². The minimum absolute atomic E-state index is 0.0967. The van der Waals surface area contributed by atoms with Crippen molar-refractivity contribution in [3.63, 3.8) is 0 Å². The van der Waals surface area contributed by atoms with Crippen LogP contribution in [0.2, 0.25) is 0 Å². The highest BCUT2D eigenvalue weighted by Crippen LogP contribution is 2.21. The highest BCUT2D eigenvalue weighted by molar-refractivity contribution is 5.97. The molecule has 1 N–H and O–H groups in total. The van der Waals surface area contributed by atoms with Gasteiger partial charge in [-0.2, -0.15) is 5.10 Å². The van der Waals surface area contributed by atoms with E-state index >= 15 is 0 Å². The molecule has 23 heavy (non-hydrogen) atoms. The molecule has 0 unspecified atom stereocenters. The Morgan fingerprint density at radius 3 is 2.57 bits per heavy atom. The average molecular weight is 316 g/mol. The minimum Gasteiger partial charge on any atom is -0.481 e. The topological polar surface area (TPSA) is 88.3 Å². The summed E-state index contributed by atoms with van der Waals surface area (Å²) in [6, 6.07) is 2.01. The van der Waals surface area contributed by atoms with Gasteiger partial charge in [0.25, 0.3) is 5.91 Å². The van der Waals surface area contributed by atoms with E-state index < -0.39 is 5.97 Å². The Kier molecular flexibility index (Phi) is 4.02. The van der Waals surface area contributed by atoms with Crippen molar-refractivity contribution >= 4 is 22.9 Å². The lowest BCUT2D eigenvalue weighted by Crippen LogP contribution is -2.40. The van der Waals surface area contributed by atoms with Gasteiger partial charge in [-0.15, -0.1) is 0 Å². The molecule has 122 valence electrons. The highest BCUT2D eigenvalue weighted by atomic mass is 16.4. The molecule has 1 aliphatic heterocycles. The van der Waals surface area contributed by atoms with Crippen molar-refractivity contribution in [2.45, 2.75) is 32.7 Å². The molecule has 7 heteroatoms. The van der Waals surface area contributed by atoms with Crippen molar-refractivity contribution in [3.05, 3.63) is 24.0 Å². The molecule has 1 fully saturated rings. The van der Waals surface area contributed by atoms with Crippen LogP contribution in [0.5, 0.6) is 0 Å². The molecule has 0 atom stereocenters. The Morgan fingerprint density at radius 1 is 1.26 bits per heavy atom. The van der Waals surface area contributed by atoms with Gasteiger partial charge < -0.3 is 10.0 Å². The summed E-state index contributed by atoms with van der Waals surface area (Å²) in [5.41, 5.74) is 1.29. The number of pyridine rings is 1. The van der Waals surface area contributed by atoms with Gasteiger partial charge >= 0.3 is 5.97 Å². The molecule has 3 rings (SSSR count). The van der Waals surface area contributed by atoms with Gasteiger partial charge in [0.2, 0.25) is 0 Å². The Labute approximate surface area is 133 Å². The standard InChI is InChI=1S/C16H20N4O3/c1-10(2)20-14-12(9-18-20)7-13(8-17-14)15(21)19-5-3-11(4-6-19)16(22)23/h7-11H,3-6H2,1-2H3,(H,22,23). The predicted molar refractivity (Wildman–Crippen MR) is 84.2 cm³/mol. The zero-order valence-corrected chi connectivity index (χ0v) is 13.3. The fraction of sp³-hybridized carbons (Fsp3) is 0.500. The number of hydrogen-bond acceptors (Lipinski definition) is 4. The van der Waals surface area contributed by atoms with Crippen LogP contribution in [-0.2, 0) is 4.79 Å². The van der Waals surface area contributed by atoms with E-state index in [0.717, 1.165) is 11.0 Å². The molecule has 0 aromatic carbocycles. The van der Waals surface area contributed by atoms with Gasteiger partial charge in [-0.1, -0.05) is 0 Å². The van der Waals surface area contributed by atoms with Crippen LogP contribution in [0.25, 0.3) is 11.0 Å². The number of carboxylic acids is 1. The van der Waals surface area contributed by atoms with Crippen molar-refractivity contribution in [1.82, 2.24) is 19.7 Å². The lowest BCUT2D eigenvalue weighted by Gasteiger charge is -2.30. The number of piperidine rings is 1. The number of nitrogens with zero attached hydrogens (tertiary/aromatic N) is 4. The van der Waals surface area contributed by atoms with Gasteiger partial charge in [-0.05, 0) is 32.8 Å². The second kappa shape index (κ2) is 5.98. The van der Waals surface area contributed by atoms with Crippen molar-refractivity contribution in [1.29, 1.82) is 0 Å². The first-order valence-electron chi connectivity index (χ1n) is 7.82. The summed E-state index contributed by atoms with van der Waals surface area (Å²) in [5, 5.41) is 14.2. The van der Waals surface area contributed by atoms with E-state index in [1.54, 1.807) is 23.4 Å². The number of aliphatic carboxylic acids is 1. The molecule has 1 amide bonds. The zero-order chi connectivity index (χ0) is 16.6. The monoisotopic (exact) mass is 316 g/mol. The van der Waals surface area contributed by atoms with Crippen LogP contribution in [-0.4, -0.2) is 49.7 Å². The summed E-state index contributed by atoms with van der Waals surface area (Å²) in [6.45, 7) is 5.00. The molecular formula is C16H20N4O3. The molecule has 3 heterocycles. The molecular weight excluding hydrogens is 296 g/mol. The van der Waals surface area contributed by atoms with Crippen LogP contribution in [0.4, 0.5) is 0 Å². The molecule has 1 aliphatic rings. The SMILES string of the molecule is CC(C)n1ncc2cc(C(=O)N3CCC(C(=O)O)CC3)cnc21. The maximum absolute atomic E-state index is 12.6. The van der Waals surface area contributed by atoms with Crippen molar-refractivity contribution in [3.8, 4) is 0 Å². The van der Waals surface area contributed by atoms with Gasteiger partial charge in [-0.3, -0.25) is 9.59 Å². The van der Waals surface area contributed by atoms with Gasteiger partial charge in [-0.25, -0.2) is 9.67 Å². The molecule has 2 aromatic heterocycles. The Balaban J connectivity index is 1.78. The van der Waals surface area contributed by atoms with E-state index in [1.165, 1.54) is 0 Å². The van der Waals surface area contributed by atoms with Crippen LogP contribution in [0.1, 0.15) is 43.1 Å². The number of aromatic nitrogens is 3. The summed E-state index contributed by atoms with van der Waals surface area (Å²) in [6.07, 6.45) is 4.30. The summed E-state index contributed by atoms with van der Waals surface area (Å²) in [5.74, 6) is -1.22. The smallest absolute Gasteiger partial charge is 0.306 e. The van der Waals surface area contributed by atoms with E-state index in [9.17, 15) is 9.59 Å². The second-order valence-corrected chi connectivity index (χ2v) is 6.22. The largest absolute Gasteiger partial charge is 0.481 e. The molecule has 0 bridgehead atoms. The van der Waals surface area contributed by atoms with Crippen LogP contribution in [0.15, 0.2) is 18.5 Å². The normalized spacial score (nSPS) is 16.2. The number of carbonyl (C=O) groups excluding carboxylic acids is 1. The fourth-order valence-corrected chi connectivity index (χ4v) is 2.95. The minimum atomic E-state index is -0.777. The Hall–Kier alpha value is -2.44.